The van der Waals surface area contributed by atoms with Gasteiger partial charge in [-0.15, -0.1) is 0 Å². The predicted molar refractivity (Wildman–Crippen MR) is 118 cm³/mol. The number of halogens is 1. The van der Waals surface area contributed by atoms with Crippen LogP contribution in [0.25, 0.3) is 10.2 Å². The smallest absolute Gasteiger partial charge is 0.260 e. The van der Waals surface area contributed by atoms with Gasteiger partial charge in [0.15, 0.2) is 15.0 Å². The van der Waals surface area contributed by atoms with Crippen molar-refractivity contribution in [3.8, 4) is 0 Å². The average Bonchev–Trinajstić information content (AvgIpc) is 3.34. The SMILES string of the molecule is CS(=O)(=O)c1ccc(C(=O)N(CC2CCCO2)c2nc3ccc(Br)cc3s2)cc1. The number of carbonyl (C=O) groups is 1. The summed E-state index contributed by atoms with van der Waals surface area (Å²) < 4.78 is 31.1. The molecule has 6 nitrogen and oxygen atoms in total. The van der Waals surface area contributed by atoms with E-state index in [1.54, 1.807) is 17.0 Å². The molecule has 1 unspecified atom stereocenters. The Kier molecular flexibility index (Phi) is 5.74. The zero-order valence-corrected chi connectivity index (χ0v) is 18.9. The molecule has 1 aromatic heterocycles. The van der Waals surface area contributed by atoms with Crippen LogP contribution in [0.2, 0.25) is 0 Å². The zero-order valence-electron chi connectivity index (χ0n) is 15.7. The number of fused-ring (bicyclic) bond motifs is 1. The van der Waals surface area contributed by atoms with Crippen LogP contribution < -0.4 is 4.90 Å². The highest BCUT2D eigenvalue weighted by atomic mass is 79.9. The van der Waals surface area contributed by atoms with E-state index in [-0.39, 0.29) is 16.9 Å². The average molecular weight is 495 g/mol. The fraction of sp³-hybridized carbons (Fsp3) is 0.300. The van der Waals surface area contributed by atoms with Crippen molar-refractivity contribution in [3.05, 3.63) is 52.5 Å². The van der Waals surface area contributed by atoms with Crippen LogP contribution in [0.1, 0.15) is 23.2 Å². The van der Waals surface area contributed by atoms with Gasteiger partial charge in [-0.2, -0.15) is 0 Å². The second-order valence-electron chi connectivity index (χ2n) is 6.96. The third-order valence-electron chi connectivity index (χ3n) is 4.75. The Balaban J connectivity index is 1.69. The Morgan fingerprint density at radius 3 is 2.69 bits per heavy atom. The second kappa shape index (κ2) is 8.14. The van der Waals surface area contributed by atoms with Crippen molar-refractivity contribution < 1.29 is 17.9 Å². The lowest BCUT2D eigenvalue weighted by atomic mass is 10.2. The molecule has 4 rings (SSSR count). The minimum atomic E-state index is -3.32. The lowest BCUT2D eigenvalue weighted by molar-refractivity contribution is 0.0917. The maximum absolute atomic E-state index is 13.3. The highest BCUT2D eigenvalue weighted by molar-refractivity contribution is 9.10. The Morgan fingerprint density at radius 1 is 1.28 bits per heavy atom. The first kappa shape index (κ1) is 20.5. The molecular formula is C20H19BrN2O4S2. The van der Waals surface area contributed by atoms with Gasteiger partial charge in [-0.1, -0.05) is 27.3 Å². The Morgan fingerprint density at radius 2 is 2.03 bits per heavy atom. The number of carbonyl (C=O) groups excluding carboxylic acids is 1. The molecule has 1 saturated heterocycles. The standard InChI is InChI=1S/C20H19BrN2O4S2/c1-29(25,26)16-7-4-13(5-8-16)19(24)23(12-15-3-2-10-27-15)20-22-17-9-6-14(21)11-18(17)28-20/h4-9,11,15H,2-3,10,12H2,1H3. The van der Waals surface area contributed by atoms with E-state index in [2.05, 4.69) is 20.9 Å². The van der Waals surface area contributed by atoms with Crippen molar-refractivity contribution in [3.63, 3.8) is 0 Å². The van der Waals surface area contributed by atoms with Gasteiger partial charge in [-0.25, -0.2) is 13.4 Å². The molecule has 1 aliphatic heterocycles. The van der Waals surface area contributed by atoms with E-state index in [1.165, 1.54) is 23.5 Å². The first-order valence-electron chi connectivity index (χ1n) is 9.11. The van der Waals surface area contributed by atoms with Crippen molar-refractivity contribution in [1.29, 1.82) is 0 Å². The first-order chi connectivity index (χ1) is 13.8. The van der Waals surface area contributed by atoms with Crippen LogP contribution in [0, 0.1) is 0 Å². The number of sulfone groups is 1. The molecule has 152 valence electrons. The molecular weight excluding hydrogens is 476 g/mol. The maximum atomic E-state index is 13.3. The first-order valence-corrected chi connectivity index (χ1v) is 12.6. The van der Waals surface area contributed by atoms with Crippen LogP contribution in [-0.4, -0.2) is 44.8 Å². The summed E-state index contributed by atoms with van der Waals surface area (Å²) in [6.07, 6.45) is 2.98. The van der Waals surface area contributed by atoms with Crippen LogP contribution in [0.3, 0.4) is 0 Å². The second-order valence-corrected chi connectivity index (χ2v) is 10.9. The van der Waals surface area contributed by atoms with Gasteiger partial charge in [0.1, 0.15) is 0 Å². The van der Waals surface area contributed by atoms with E-state index >= 15 is 0 Å². The Bertz CT molecular complexity index is 1150. The zero-order chi connectivity index (χ0) is 20.6. The summed E-state index contributed by atoms with van der Waals surface area (Å²) >= 11 is 4.91. The molecule has 29 heavy (non-hydrogen) atoms. The van der Waals surface area contributed by atoms with Crippen LogP contribution >= 0.6 is 27.3 Å². The van der Waals surface area contributed by atoms with Gasteiger partial charge in [-0.3, -0.25) is 9.69 Å². The molecule has 1 atom stereocenters. The molecule has 2 heterocycles. The minimum absolute atomic E-state index is 0.0343. The van der Waals surface area contributed by atoms with Crippen LogP contribution in [0.4, 0.5) is 5.13 Å². The van der Waals surface area contributed by atoms with E-state index in [0.29, 0.717) is 23.8 Å². The number of rotatable bonds is 5. The summed E-state index contributed by atoms with van der Waals surface area (Å²) in [5, 5.41) is 0.603. The lowest BCUT2D eigenvalue weighted by Crippen LogP contribution is -2.37. The molecule has 0 saturated carbocycles. The third-order valence-corrected chi connectivity index (χ3v) is 7.42. The van der Waals surface area contributed by atoms with Crippen molar-refractivity contribution >= 4 is 58.4 Å². The minimum Gasteiger partial charge on any atom is -0.376 e. The van der Waals surface area contributed by atoms with Gasteiger partial charge >= 0.3 is 0 Å². The van der Waals surface area contributed by atoms with Gasteiger partial charge in [0.05, 0.1) is 27.8 Å². The monoisotopic (exact) mass is 494 g/mol. The summed E-state index contributed by atoms with van der Waals surface area (Å²) in [7, 11) is -3.32. The molecule has 2 aromatic carbocycles. The number of amides is 1. The maximum Gasteiger partial charge on any atom is 0.260 e. The molecule has 1 amide bonds. The number of anilines is 1. The predicted octanol–water partition coefficient (Wildman–Crippen LogP) is 4.29. The Labute approximate surface area is 181 Å². The number of thiazole rings is 1. The van der Waals surface area contributed by atoms with Crippen LogP contribution in [0.5, 0.6) is 0 Å². The quantitative estimate of drug-likeness (QED) is 0.528. The Hall–Kier alpha value is -1.81. The summed E-state index contributed by atoms with van der Waals surface area (Å²) in [4.78, 5) is 19.8. The number of benzene rings is 2. The van der Waals surface area contributed by atoms with E-state index in [9.17, 15) is 13.2 Å². The highest BCUT2D eigenvalue weighted by Gasteiger charge is 2.27. The molecule has 0 N–H and O–H groups in total. The van der Waals surface area contributed by atoms with Gasteiger partial charge in [0.25, 0.3) is 5.91 Å². The number of ether oxygens (including phenoxy) is 1. The lowest BCUT2D eigenvalue weighted by Gasteiger charge is -2.23. The van der Waals surface area contributed by atoms with Crippen molar-refractivity contribution in [2.45, 2.75) is 23.8 Å². The number of hydrogen-bond acceptors (Lipinski definition) is 6. The number of hydrogen-bond donors (Lipinski definition) is 0. The van der Waals surface area contributed by atoms with E-state index in [1.807, 2.05) is 18.2 Å². The molecule has 0 radical (unpaired) electrons. The molecule has 3 aromatic rings. The van der Waals surface area contributed by atoms with Gasteiger partial charge in [0.2, 0.25) is 0 Å². The van der Waals surface area contributed by atoms with Crippen molar-refractivity contribution in [2.75, 3.05) is 24.3 Å². The normalized spacial score (nSPS) is 17.0. The van der Waals surface area contributed by atoms with E-state index in [4.69, 9.17) is 4.74 Å². The topological polar surface area (TPSA) is 76.6 Å². The summed E-state index contributed by atoms with van der Waals surface area (Å²) in [6, 6.07) is 11.8. The van der Waals surface area contributed by atoms with Gasteiger partial charge in [-0.05, 0) is 55.3 Å². The molecule has 1 aliphatic rings. The fourth-order valence-corrected chi connectivity index (χ4v) is 5.40. The summed E-state index contributed by atoms with van der Waals surface area (Å²) in [5.74, 6) is -0.223. The van der Waals surface area contributed by atoms with E-state index < -0.39 is 9.84 Å². The molecule has 0 bridgehead atoms. The molecule has 9 heteroatoms. The number of nitrogens with zero attached hydrogens (tertiary/aromatic N) is 2. The van der Waals surface area contributed by atoms with Crippen LogP contribution in [-0.2, 0) is 14.6 Å². The fourth-order valence-electron chi connectivity index (χ4n) is 3.24. The third kappa shape index (κ3) is 4.53. The number of aromatic nitrogens is 1. The van der Waals surface area contributed by atoms with Gasteiger partial charge in [0, 0.05) is 22.9 Å². The summed E-state index contributed by atoms with van der Waals surface area (Å²) in [5.41, 5.74) is 1.24. The highest BCUT2D eigenvalue weighted by Crippen LogP contribution is 2.32. The summed E-state index contributed by atoms with van der Waals surface area (Å²) in [6.45, 7) is 1.11. The van der Waals surface area contributed by atoms with Crippen molar-refractivity contribution in [1.82, 2.24) is 4.98 Å². The van der Waals surface area contributed by atoms with E-state index in [0.717, 1.165) is 33.8 Å². The largest absolute Gasteiger partial charge is 0.376 e. The van der Waals surface area contributed by atoms with Crippen LogP contribution in [0.15, 0.2) is 51.8 Å². The van der Waals surface area contributed by atoms with Crippen molar-refractivity contribution in [2.24, 2.45) is 0 Å². The van der Waals surface area contributed by atoms with Gasteiger partial charge < -0.3 is 4.74 Å². The molecule has 1 fully saturated rings. The molecule has 0 aliphatic carbocycles. The molecule has 0 spiro atoms.